The summed E-state index contributed by atoms with van der Waals surface area (Å²) in [4.78, 5) is 17.4. The smallest absolute Gasteiger partial charge is 0.375 e. The van der Waals surface area contributed by atoms with Gasteiger partial charge in [0.2, 0.25) is 5.82 Å². The lowest BCUT2D eigenvalue weighted by Gasteiger charge is -2.33. The fraction of sp³-hybridized carbons (Fsp3) is 0.417. The SMILES string of the molecule is O=c1[nH]ccc(-c2noc(C(F)(F)F)n2)c1CC1(F)COC1. The molecule has 0 atom stereocenters. The van der Waals surface area contributed by atoms with Crippen LogP contribution < -0.4 is 5.56 Å². The molecule has 118 valence electrons. The Morgan fingerprint density at radius 3 is 2.64 bits per heavy atom. The largest absolute Gasteiger partial charge is 0.471 e. The van der Waals surface area contributed by atoms with Gasteiger partial charge >= 0.3 is 12.1 Å². The first-order valence-corrected chi connectivity index (χ1v) is 6.17. The quantitative estimate of drug-likeness (QED) is 0.871. The summed E-state index contributed by atoms with van der Waals surface area (Å²) in [5.74, 6) is -1.95. The zero-order chi connectivity index (χ0) is 16.0. The van der Waals surface area contributed by atoms with Crippen molar-refractivity contribution in [1.82, 2.24) is 15.1 Å². The molecule has 1 N–H and O–H groups in total. The van der Waals surface area contributed by atoms with Crippen molar-refractivity contribution in [2.75, 3.05) is 13.2 Å². The molecule has 0 amide bonds. The molecular formula is C12H9F4N3O3. The summed E-state index contributed by atoms with van der Waals surface area (Å²) in [6.07, 6.45) is -3.89. The molecule has 1 saturated heterocycles. The molecular weight excluding hydrogens is 310 g/mol. The van der Waals surface area contributed by atoms with Crippen molar-refractivity contribution >= 4 is 0 Å². The van der Waals surface area contributed by atoms with Crippen LogP contribution in [0.2, 0.25) is 0 Å². The fourth-order valence-electron chi connectivity index (χ4n) is 2.09. The van der Waals surface area contributed by atoms with Crippen LogP contribution in [0.15, 0.2) is 21.6 Å². The third-order valence-corrected chi connectivity index (χ3v) is 3.19. The van der Waals surface area contributed by atoms with E-state index in [1.807, 2.05) is 0 Å². The number of alkyl halides is 4. The highest BCUT2D eigenvalue weighted by Crippen LogP contribution is 2.32. The Balaban J connectivity index is 2.02. The topological polar surface area (TPSA) is 81.0 Å². The number of ether oxygens (including phenoxy) is 1. The lowest BCUT2D eigenvalue weighted by molar-refractivity contribution is -0.159. The summed E-state index contributed by atoms with van der Waals surface area (Å²) in [5.41, 5.74) is -2.41. The highest BCUT2D eigenvalue weighted by molar-refractivity contribution is 5.59. The Hall–Kier alpha value is -2.23. The molecule has 6 nitrogen and oxygen atoms in total. The van der Waals surface area contributed by atoms with Crippen molar-refractivity contribution in [2.45, 2.75) is 18.3 Å². The van der Waals surface area contributed by atoms with Crippen molar-refractivity contribution in [3.63, 3.8) is 0 Å². The van der Waals surface area contributed by atoms with Crippen molar-refractivity contribution in [3.05, 3.63) is 34.1 Å². The summed E-state index contributed by atoms with van der Waals surface area (Å²) in [6.45, 7) is -0.359. The van der Waals surface area contributed by atoms with Crippen LogP contribution in [-0.4, -0.2) is 34.0 Å². The molecule has 0 radical (unpaired) electrons. The molecule has 0 spiro atoms. The maximum Gasteiger partial charge on any atom is 0.471 e. The number of rotatable bonds is 3. The number of nitrogens with zero attached hydrogens (tertiary/aromatic N) is 2. The molecule has 1 aliphatic rings. The molecule has 3 heterocycles. The summed E-state index contributed by atoms with van der Waals surface area (Å²) >= 11 is 0. The van der Waals surface area contributed by atoms with Crippen LogP contribution in [0.4, 0.5) is 17.6 Å². The van der Waals surface area contributed by atoms with Crippen molar-refractivity contribution in [3.8, 4) is 11.4 Å². The highest BCUT2D eigenvalue weighted by atomic mass is 19.4. The first-order chi connectivity index (χ1) is 10.3. The zero-order valence-corrected chi connectivity index (χ0v) is 10.9. The Bertz CT molecular complexity index is 749. The number of halogens is 4. The second-order valence-electron chi connectivity index (χ2n) is 4.94. The van der Waals surface area contributed by atoms with Gasteiger partial charge in [-0.05, 0) is 6.07 Å². The molecule has 0 unspecified atom stereocenters. The van der Waals surface area contributed by atoms with Crippen LogP contribution in [0.5, 0.6) is 0 Å². The highest BCUT2D eigenvalue weighted by Gasteiger charge is 2.41. The van der Waals surface area contributed by atoms with Crippen molar-refractivity contribution in [2.24, 2.45) is 0 Å². The van der Waals surface area contributed by atoms with E-state index in [2.05, 4.69) is 19.6 Å². The van der Waals surface area contributed by atoms with Crippen LogP contribution in [-0.2, 0) is 17.3 Å². The minimum Gasteiger partial charge on any atom is -0.375 e. The maximum absolute atomic E-state index is 14.1. The summed E-state index contributed by atoms with van der Waals surface area (Å²) in [6, 6.07) is 1.30. The molecule has 3 rings (SSSR count). The Morgan fingerprint density at radius 1 is 1.36 bits per heavy atom. The van der Waals surface area contributed by atoms with Gasteiger partial charge in [0.05, 0.1) is 13.2 Å². The van der Waals surface area contributed by atoms with Gasteiger partial charge in [0.25, 0.3) is 5.56 Å². The van der Waals surface area contributed by atoms with Gasteiger partial charge in [-0.15, -0.1) is 0 Å². The molecule has 1 fully saturated rings. The molecule has 2 aromatic rings. The minimum absolute atomic E-state index is 0.00748. The number of aromatic nitrogens is 3. The average molecular weight is 319 g/mol. The molecule has 1 aliphatic heterocycles. The second kappa shape index (κ2) is 4.90. The maximum atomic E-state index is 14.1. The van der Waals surface area contributed by atoms with Crippen molar-refractivity contribution in [1.29, 1.82) is 0 Å². The van der Waals surface area contributed by atoms with Gasteiger partial charge in [0.15, 0.2) is 5.67 Å². The monoisotopic (exact) mass is 319 g/mol. The average Bonchev–Trinajstić information content (AvgIpc) is 2.88. The van der Waals surface area contributed by atoms with Crippen LogP contribution in [0, 0.1) is 0 Å². The third kappa shape index (κ3) is 2.61. The van der Waals surface area contributed by atoms with E-state index in [0.717, 1.165) is 0 Å². The van der Waals surface area contributed by atoms with E-state index in [9.17, 15) is 22.4 Å². The molecule has 0 saturated carbocycles. The Kier molecular flexibility index (Phi) is 3.28. The predicted molar refractivity (Wildman–Crippen MR) is 63.7 cm³/mol. The van der Waals surface area contributed by atoms with Gasteiger partial charge in [0, 0.05) is 23.7 Å². The Labute approximate surface area is 120 Å². The van der Waals surface area contributed by atoms with Crippen LogP contribution in [0.1, 0.15) is 11.5 Å². The minimum atomic E-state index is -4.80. The molecule has 0 aromatic carbocycles. The molecule has 0 bridgehead atoms. The van der Waals surface area contributed by atoms with Crippen LogP contribution in [0.25, 0.3) is 11.4 Å². The van der Waals surface area contributed by atoms with E-state index in [4.69, 9.17) is 4.74 Å². The molecule has 22 heavy (non-hydrogen) atoms. The number of hydrogen-bond acceptors (Lipinski definition) is 5. The van der Waals surface area contributed by atoms with E-state index in [1.165, 1.54) is 12.3 Å². The van der Waals surface area contributed by atoms with E-state index in [0.29, 0.717) is 0 Å². The molecule has 2 aromatic heterocycles. The van der Waals surface area contributed by atoms with E-state index >= 15 is 0 Å². The zero-order valence-electron chi connectivity index (χ0n) is 10.9. The predicted octanol–water partition coefficient (Wildman–Crippen LogP) is 1.72. The third-order valence-electron chi connectivity index (χ3n) is 3.19. The van der Waals surface area contributed by atoms with E-state index < -0.39 is 29.1 Å². The first kappa shape index (κ1) is 14.7. The standard InChI is InChI=1S/C12H9F4N3O3/c13-11(4-21-5-11)3-7-6(1-2-17-9(7)20)8-18-10(22-19-8)12(14,15)16/h1-2H,3-5H2,(H,17,20). The number of hydrogen-bond donors (Lipinski definition) is 1. The summed E-state index contributed by atoms with van der Waals surface area (Å²) < 4.78 is 60.5. The lowest BCUT2D eigenvalue weighted by Crippen LogP contribution is -2.48. The second-order valence-corrected chi connectivity index (χ2v) is 4.94. The number of nitrogens with one attached hydrogen (secondary N) is 1. The van der Waals surface area contributed by atoms with Gasteiger partial charge in [0.1, 0.15) is 0 Å². The van der Waals surface area contributed by atoms with Gasteiger partial charge in [-0.25, -0.2) is 4.39 Å². The lowest BCUT2D eigenvalue weighted by atomic mass is 9.92. The van der Waals surface area contributed by atoms with Crippen molar-refractivity contribution < 1.29 is 26.8 Å². The first-order valence-electron chi connectivity index (χ1n) is 6.17. The van der Waals surface area contributed by atoms with Crippen LogP contribution >= 0.6 is 0 Å². The summed E-state index contributed by atoms with van der Waals surface area (Å²) in [5, 5.41) is 3.22. The van der Waals surface area contributed by atoms with Gasteiger partial charge in [-0.3, -0.25) is 4.79 Å². The fourth-order valence-corrected chi connectivity index (χ4v) is 2.09. The summed E-state index contributed by atoms with van der Waals surface area (Å²) in [7, 11) is 0. The van der Waals surface area contributed by atoms with Crippen LogP contribution in [0.3, 0.4) is 0 Å². The number of H-pyrrole nitrogens is 1. The Morgan fingerprint density at radius 2 is 2.09 bits per heavy atom. The number of aromatic amines is 1. The number of pyridine rings is 1. The van der Waals surface area contributed by atoms with Gasteiger partial charge in [-0.2, -0.15) is 18.2 Å². The normalized spacial score (nSPS) is 17.3. The van der Waals surface area contributed by atoms with Gasteiger partial charge < -0.3 is 14.2 Å². The molecule has 10 heteroatoms. The molecule has 0 aliphatic carbocycles. The van der Waals surface area contributed by atoms with E-state index in [-0.39, 0.29) is 30.8 Å². The van der Waals surface area contributed by atoms with Gasteiger partial charge in [-0.1, -0.05) is 5.16 Å². The van der Waals surface area contributed by atoms with E-state index in [1.54, 1.807) is 0 Å².